The maximum Gasteiger partial charge on any atom is 0.336 e. The van der Waals surface area contributed by atoms with E-state index in [4.69, 9.17) is 9.47 Å². The van der Waals surface area contributed by atoms with Gasteiger partial charge in [-0.3, -0.25) is 9.91 Å². The Balaban J connectivity index is 1.83. The standard InChI is InChI=1S/C19H24FN3O5/c20-17-2-1-14(13-22-3-7-27-8-4-22)11-15(17)18(24)16(19(25)26)12-21-23-5-9-28-10-6-23/h1-2,11-12,24H,3-10,13H2,(H,25,26)/p-1/b18-16+,21-12+. The van der Waals surface area contributed by atoms with Crippen LogP contribution in [0.2, 0.25) is 0 Å². The molecule has 8 nitrogen and oxygen atoms in total. The van der Waals surface area contributed by atoms with E-state index in [0.717, 1.165) is 24.9 Å². The molecule has 1 aromatic carbocycles. The van der Waals surface area contributed by atoms with Crippen molar-refractivity contribution in [3.63, 3.8) is 0 Å². The second-order valence-corrected chi connectivity index (χ2v) is 6.56. The van der Waals surface area contributed by atoms with Crippen LogP contribution in [0, 0.1) is 5.82 Å². The van der Waals surface area contributed by atoms with Crippen molar-refractivity contribution in [1.82, 2.24) is 9.91 Å². The molecule has 0 spiro atoms. The lowest BCUT2D eigenvalue weighted by Gasteiger charge is -2.27. The number of hydrazone groups is 1. The molecular weight excluding hydrogens is 369 g/mol. The Morgan fingerprint density at radius 1 is 1.18 bits per heavy atom. The number of nitrogens with zero attached hydrogens (tertiary/aromatic N) is 3. The third-order valence-electron chi connectivity index (χ3n) is 4.60. The molecular formula is C19H23FN3O5-. The lowest BCUT2D eigenvalue weighted by molar-refractivity contribution is -0.244. The van der Waals surface area contributed by atoms with Crippen LogP contribution < -0.4 is 5.11 Å². The molecule has 3 rings (SSSR count). The van der Waals surface area contributed by atoms with Crippen LogP contribution in [-0.2, 0) is 20.8 Å². The summed E-state index contributed by atoms with van der Waals surface area (Å²) in [5, 5.41) is 27.8. The van der Waals surface area contributed by atoms with Gasteiger partial charge in [0, 0.05) is 25.2 Å². The summed E-state index contributed by atoms with van der Waals surface area (Å²) in [7, 11) is 0. The SMILES string of the molecule is O=C(O)C(/C=N/N1CCOCC1)=C(/[O-])c1cc(CN2CCOCC2)ccc1F. The minimum Gasteiger partial charge on any atom is -0.871 e. The van der Waals surface area contributed by atoms with E-state index in [2.05, 4.69) is 10.0 Å². The highest BCUT2D eigenvalue weighted by molar-refractivity contribution is 6.13. The van der Waals surface area contributed by atoms with Crippen molar-refractivity contribution in [1.29, 1.82) is 0 Å². The number of carboxylic acid groups (broad SMARTS) is 1. The molecule has 0 amide bonds. The monoisotopic (exact) mass is 392 g/mol. The highest BCUT2D eigenvalue weighted by atomic mass is 19.1. The second-order valence-electron chi connectivity index (χ2n) is 6.56. The van der Waals surface area contributed by atoms with Crippen LogP contribution >= 0.6 is 0 Å². The normalized spacial score (nSPS) is 19.7. The molecule has 1 N–H and O–H groups in total. The Bertz CT molecular complexity index is 756. The van der Waals surface area contributed by atoms with Gasteiger partial charge in [0.15, 0.2) is 0 Å². The number of aliphatic carboxylic acids is 1. The van der Waals surface area contributed by atoms with Crippen LogP contribution in [0.5, 0.6) is 0 Å². The molecule has 2 fully saturated rings. The highest BCUT2D eigenvalue weighted by Crippen LogP contribution is 2.20. The molecule has 2 aliphatic heterocycles. The fourth-order valence-electron chi connectivity index (χ4n) is 3.03. The van der Waals surface area contributed by atoms with E-state index in [1.165, 1.54) is 12.1 Å². The molecule has 0 unspecified atom stereocenters. The maximum absolute atomic E-state index is 14.3. The molecule has 9 heteroatoms. The van der Waals surface area contributed by atoms with Gasteiger partial charge in [-0.25, -0.2) is 9.18 Å². The first-order chi connectivity index (χ1) is 13.5. The first kappa shape index (κ1) is 20.2. The summed E-state index contributed by atoms with van der Waals surface area (Å²) in [6.45, 7) is 5.25. The van der Waals surface area contributed by atoms with E-state index in [1.54, 1.807) is 11.1 Å². The quantitative estimate of drug-likeness (QED) is 0.418. The Morgan fingerprint density at radius 3 is 2.46 bits per heavy atom. The molecule has 0 radical (unpaired) electrons. The summed E-state index contributed by atoms with van der Waals surface area (Å²) >= 11 is 0. The van der Waals surface area contributed by atoms with Gasteiger partial charge in [-0.1, -0.05) is 11.8 Å². The van der Waals surface area contributed by atoms with Gasteiger partial charge >= 0.3 is 5.97 Å². The van der Waals surface area contributed by atoms with Gasteiger partial charge < -0.3 is 19.7 Å². The molecule has 2 aliphatic rings. The fraction of sp³-hybridized carbons (Fsp3) is 0.474. The molecule has 2 saturated heterocycles. The smallest absolute Gasteiger partial charge is 0.336 e. The third-order valence-corrected chi connectivity index (χ3v) is 4.60. The van der Waals surface area contributed by atoms with E-state index >= 15 is 0 Å². The molecule has 0 aromatic heterocycles. The largest absolute Gasteiger partial charge is 0.871 e. The molecule has 0 bridgehead atoms. The third kappa shape index (κ3) is 5.28. The Hall–Kier alpha value is -2.49. The van der Waals surface area contributed by atoms with Gasteiger partial charge in [0.1, 0.15) is 5.82 Å². The van der Waals surface area contributed by atoms with Gasteiger partial charge in [0.2, 0.25) is 0 Å². The van der Waals surface area contributed by atoms with Crippen LogP contribution in [-0.4, -0.2) is 79.8 Å². The first-order valence-electron chi connectivity index (χ1n) is 9.15. The van der Waals surface area contributed by atoms with Crippen LogP contribution in [0.3, 0.4) is 0 Å². The summed E-state index contributed by atoms with van der Waals surface area (Å²) in [5.74, 6) is -3.10. The zero-order valence-corrected chi connectivity index (χ0v) is 15.5. The highest BCUT2D eigenvalue weighted by Gasteiger charge is 2.15. The second kappa shape index (κ2) is 9.63. The summed E-state index contributed by atoms with van der Waals surface area (Å²) in [6.07, 6.45) is 0.990. The van der Waals surface area contributed by atoms with Crippen molar-refractivity contribution in [3.8, 4) is 0 Å². The number of morpholine rings is 2. The van der Waals surface area contributed by atoms with Crippen LogP contribution in [0.25, 0.3) is 5.76 Å². The molecule has 28 heavy (non-hydrogen) atoms. The molecule has 1 aromatic rings. The van der Waals surface area contributed by atoms with Crippen molar-refractivity contribution in [2.75, 3.05) is 52.6 Å². The number of rotatable bonds is 6. The number of carbonyl (C=O) groups is 1. The average Bonchev–Trinajstić information content (AvgIpc) is 2.71. The average molecular weight is 392 g/mol. The molecule has 2 heterocycles. The van der Waals surface area contributed by atoms with Crippen molar-refractivity contribution >= 4 is 17.9 Å². The predicted octanol–water partition coefficient (Wildman–Crippen LogP) is 0.132. The summed E-state index contributed by atoms with van der Waals surface area (Å²) in [4.78, 5) is 13.7. The first-order valence-corrected chi connectivity index (χ1v) is 9.15. The van der Waals surface area contributed by atoms with Gasteiger partial charge in [0.05, 0.1) is 51.3 Å². The van der Waals surface area contributed by atoms with Gasteiger partial charge in [-0.2, -0.15) is 5.10 Å². The summed E-state index contributed by atoms with van der Waals surface area (Å²) < 4.78 is 24.8. The lowest BCUT2D eigenvalue weighted by atomic mass is 10.0. The zero-order valence-electron chi connectivity index (χ0n) is 15.5. The number of ether oxygens (including phenoxy) is 2. The minimum absolute atomic E-state index is 0.267. The number of hydrogen-bond donors (Lipinski definition) is 1. The fourth-order valence-corrected chi connectivity index (χ4v) is 3.03. The number of halogens is 1. The van der Waals surface area contributed by atoms with E-state index in [0.29, 0.717) is 46.1 Å². The Labute approximate surface area is 162 Å². The predicted molar refractivity (Wildman–Crippen MR) is 97.9 cm³/mol. The Morgan fingerprint density at radius 2 is 1.82 bits per heavy atom. The number of hydrogen-bond acceptors (Lipinski definition) is 7. The minimum atomic E-state index is -1.44. The summed E-state index contributed by atoms with van der Waals surface area (Å²) in [5.41, 5.74) is -0.105. The van der Waals surface area contributed by atoms with Crippen LogP contribution in [0.15, 0.2) is 28.9 Å². The molecule has 0 saturated carbocycles. The van der Waals surface area contributed by atoms with Crippen LogP contribution in [0.4, 0.5) is 4.39 Å². The number of carboxylic acids is 1. The molecule has 0 atom stereocenters. The van der Waals surface area contributed by atoms with Crippen molar-refractivity contribution in [2.45, 2.75) is 6.54 Å². The Kier molecular flexibility index (Phi) is 6.96. The van der Waals surface area contributed by atoms with E-state index in [-0.39, 0.29) is 5.56 Å². The van der Waals surface area contributed by atoms with E-state index in [1.807, 2.05) is 0 Å². The van der Waals surface area contributed by atoms with Gasteiger partial charge in [-0.05, 0) is 17.7 Å². The lowest BCUT2D eigenvalue weighted by Crippen LogP contribution is -2.35. The van der Waals surface area contributed by atoms with Crippen LogP contribution in [0.1, 0.15) is 11.1 Å². The summed E-state index contributed by atoms with van der Waals surface area (Å²) in [6, 6.07) is 4.21. The van der Waals surface area contributed by atoms with Crippen molar-refractivity contribution in [3.05, 3.63) is 40.7 Å². The van der Waals surface area contributed by atoms with E-state index < -0.39 is 23.1 Å². The van der Waals surface area contributed by atoms with Gasteiger partial charge in [-0.15, -0.1) is 0 Å². The molecule has 152 valence electrons. The van der Waals surface area contributed by atoms with E-state index in [9.17, 15) is 19.4 Å². The van der Waals surface area contributed by atoms with Crippen molar-refractivity contribution < 1.29 is 28.9 Å². The maximum atomic E-state index is 14.3. The topological polar surface area (TPSA) is 97.7 Å². The molecule has 0 aliphatic carbocycles. The van der Waals surface area contributed by atoms with Gasteiger partial charge in [0.25, 0.3) is 0 Å². The number of benzene rings is 1. The van der Waals surface area contributed by atoms with Crippen molar-refractivity contribution in [2.24, 2.45) is 5.10 Å². The zero-order chi connectivity index (χ0) is 19.9.